The number of hydroxylamine groups is 2. The van der Waals surface area contributed by atoms with Gasteiger partial charge in [0.1, 0.15) is 11.3 Å². The Labute approximate surface area is 186 Å². The molecule has 1 aliphatic heterocycles. The van der Waals surface area contributed by atoms with Crippen LogP contribution in [-0.2, 0) is 4.84 Å². The minimum Gasteiger partial charge on any atom is -0.306 e. The predicted molar refractivity (Wildman–Crippen MR) is 124 cm³/mol. The van der Waals surface area contributed by atoms with Crippen LogP contribution in [0.25, 0.3) is 16.8 Å². The lowest BCUT2D eigenvalue weighted by Crippen LogP contribution is -2.33. The first-order chi connectivity index (χ1) is 15.6. The largest absolute Gasteiger partial charge is 0.346 e. The number of imidazole rings is 1. The van der Waals surface area contributed by atoms with Crippen molar-refractivity contribution in [1.82, 2.24) is 14.4 Å². The van der Waals surface area contributed by atoms with Crippen molar-refractivity contribution in [2.75, 3.05) is 11.9 Å². The fraction of sp³-hybridized carbons (Fsp3) is 0.154. The van der Waals surface area contributed by atoms with Gasteiger partial charge in [0.25, 0.3) is 0 Å². The van der Waals surface area contributed by atoms with E-state index in [1.165, 1.54) is 5.06 Å². The lowest BCUT2D eigenvalue weighted by Gasteiger charge is -2.23. The number of amides is 2. The number of fused-ring (bicyclic) bond motifs is 1. The monoisotopic (exact) mass is 422 g/mol. The molecule has 0 unspecified atom stereocenters. The fourth-order valence-corrected chi connectivity index (χ4v) is 4.01. The highest BCUT2D eigenvalue weighted by atomic mass is 16.7. The molecule has 0 spiro atoms. The summed E-state index contributed by atoms with van der Waals surface area (Å²) in [7, 11) is 0. The van der Waals surface area contributed by atoms with Crippen molar-refractivity contribution in [1.29, 1.82) is 0 Å². The number of rotatable bonds is 3. The van der Waals surface area contributed by atoms with Gasteiger partial charge in [-0.05, 0) is 47.4 Å². The third-order valence-electron chi connectivity index (χ3n) is 5.76. The van der Waals surface area contributed by atoms with Gasteiger partial charge in [-0.2, -0.15) is 5.06 Å². The van der Waals surface area contributed by atoms with Crippen LogP contribution in [0.5, 0.6) is 0 Å². The van der Waals surface area contributed by atoms with E-state index in [9.17, 15) is 4.79 Å². The van der Waals surface area contributed by atoms with Crippen LogP contribution in [0.2, 0.25) is 0 Å². The number of aryl methyl sites for hydroxylation is 1. The Balaban J connectivity index is 1.42. The van der Waals surface area contributed by atoms with E-state index in [2.05, 4.69) is 16.2 Å². The van der Waals surface area contributed by atoms with Crippen molar-refractivity contribution < 1.29 is 9.63 Å². The van der Waals surface area contributed by atoms with E-state index >= 15 is 0 Å². The van der Waals surface area contributed by atoms with Crippen LogP contribution in [0.1, 0.15) is 29.3 Å². The van der Waals surface area contributed by atoms with Crippen molar-refractivity contribution in [2.24, 2.45) is 0 Å². The first-order valence-corrected chi connectivity index (χ1v) is 10.5. The first kappa shape index (κ1) is 19.9. The molecule has 1 fully saturated rings. The molecule has 1 saturated heterocycles. The standard InChI is InChI=1S/C26H22N4O2/c1-3-22-16-27-25-12-11-21(17-29(22)25)20-10-9-18(2)23(15-20)28-26(31)30-24(13-14-32-30)19-7-5-4-6-8-19/h1,4-12,15-17,24H,13-14H2,2H3,(H,28,31)/t24-/m0/s1. The molecular weight excluding hydrogens is 400 g/mol. The molecule has 1 aliphatic rings. The second kappa shape index (κ2) is 8.22. The minimum absolute atomic E-state index is 0.106. The van der Waals surface area contributed by atoms with Gasteiger partial charge < -0.3 is 5.32 Å². The zero-order valence-corrected chi connectivity index (χ0v) is 17.7. The maximum atomic E-state index is 13.1. The number of aromatic nitrogens is 2. The van der Waals surface area contributed by atoms with Gasteiger partial charge in [-0.25, -0.2) is 9.78 Å². The van der Waals surface area contributed by atoms with Gasteiger partial charge in [0.2, 0.25) is 0 Å². The molecule has 0 radical (unpaired) electrons. The molecule has 0 bridgehead atoms. The second-order valence-corrected chi connectivity index (χ2v) is 7.77. The first-order valence-electron chi connectivity index (χ1n) is 10.5. The quantitative estimate of drug-likeness (QED) is 0.462. The Hall–Kier alpha value is -4.08. The molecule has 2 aromatic carbocycles. The maximum Gasteiger partial charge on any atom is 0.346 e. The van der Waals surface area contributed by atoms with Gasteiger partial charge in [-0.1, -0.05) is 48.4 Å². The van der Waals surface area contributed by atoms with Crippen LogP contribution in [0.4, 0.5) is 10.5 Å². The van der Waals surface area contributed by atoms with Crippen LogP contribution in [0, 0.1) is 19.3 Å². The molecule has 3 heterocycles. The summed E-state index contributed by atoms with van der Waals surface area (Å²) in [5.74, 6) is 2.65. The van der Waals surface area contributed by atoms with Crippen molar-refractivity contribution in [3.05, 3.63) is 89.9 Å². The molecule has 1 atom stereocenters. The SMILES string of the molecule is C#Cc1cnc2ccc(-c3ccc(C)c(NC(=O)N4OCC[C@H]4c4ccccc4)c3)cn12. The Morgan fingerprint density at radius 3 is 2.78 bits per heavy atom. The molecule has 2 amide bonds. The number of urea groups is 1. The average molecular weight is 422 g/mol. The number of hydrogen-bond donors (Lipinski definition) is 1. The molecule has 6 heteroatoms. The van der Waals surface area contributed by atoms with Crippen molar-refractivity contribution in [3.8, 4) is 23.5 Å². The molecule has 1 N–H and O–H groups in total. The summed E-state index contributed by atoms with van der Waals surface area (Å²) in [5, 5.41) is 4.47. The van der Waals surface area contributed by atoms with Crippen molar-refractivity contribution >= 4 is 17.4 Å². The van der Waals surface area contributed by atoms with Crippen LogP contribution >= 0.6 is 0 Å². The summed E-state index contributed by atoms with van der Waals surface area (Å²) >= 11 is 0. The number of pyridine rings is 1. The summed E-state index contributed by atoms with van der Waals surface area (Å²) in [4.78, 5) is 23.1. The molecule has 0 aliphatic carbocycles. The van der Waals surface area contributed by atoms with Crippen LogP contribution in [0.3, 0.4) is 0 Å². The molecular formula is C26H22N4O2. The molecule has 158 valence electrons. The summed E-state index contributed by atoms with van der Waals surface area (Å²) in [5.41, 5.74) is 6.18. The van der Waals surface area contributed by atoms with E-state index in [0.29, 0.717) is 12.3 Å². The Morgan fingerprint density at radius 2 is 1.97 bits per heavy atom. The lowest BCUT2D eigenvalue weighted by molar-refractivity contribution is -0.0829. The normalized spacial score (nSPS) is 15.6. The number of carbonyl (C=O) groups is 1. The highest BCUT2D eigenvalue weighted by Crippen LogP contribution is 2.32. The number of terminal acetylenes is 1. The van der Waals surface area contributed by atoms with E-state index in [0.717, 1.165) is 40.0 Å². The van der Waals surface area contributed by atoms with Gasteiger partial charge in [0.05, 0.1) is 18.8 Å². The number of anilines is 1. The molecule has 6 nitrogen and oxygen atoms in total. The van der Waals surface area contributed by atoms with Crippen molar-refractivity contribution in [2.45, 2.75) is 19.4 Å². The number of nitrogens with zero attached hydrogens (tertiary/aromatic N) is 3. The number of carbonyl (C=O) groups excluding carboxylic acids is 1. The van der Waals surface area contributed by atoms with E-state index in [1.807, 2.05) is 78.2 Å². The third-order valence-corrected chi connectivity index (χ3v) is 5.76. The molecule has 2 aromatic heterocycles. The van der Waals surface area contributed by atoms with Crippen LogP contribution < -0.4 is 5.32 Å². The van der Waals surface area contributed by atoms with Crippen LogP contribution in [0.15, 0.2) is 73.1 Å². The van der Waals surface area contributed by atoms with Crippen molar-refractivity contribution in [3.63, 3.8) is 0 Å². The zero-order valence-electron chi connectivity index (χ0n) is 17.7. The second-order valence-electron chi connectivity index (χ2n) is 7.77. The Morgan fingerprint density at radius 1 is 1.16 bits per heavy atom. The van der Waals surface area contributed by atoms with E-state index in [1.54, 1.807) is 6.20 Å². The summed E-state index contributed by atoms with van der Waals surface area (Å²) in [6.07, 6.45) is 9.99. The van der Waals surface area contributed by atoms with E-state index < -0.39 is 0 Å². The summed E-state index contributed by atoms with van der Waals surface area (Å²) in [6, 6.07) is 19.5. The number of hydrogen-bond acceptors (Lipinski definition) is 3. The number of nitrogens with one attached hydrogen (secondary N) is 1. The van der Waals surface area contributed by atoms with Gasteiger partial charge in [0.15, 0.2) is 0 Å². The number of benzene rings is 2. The smallest absolute Gasteiger partial charge is 0.306 e. The van der Waals surface area contributed by atoms with E-state index in [4.69, 9.17) is 11.3 Å². The molecule has 0 saturated carbocycles. The van der Waals surface area contributed by atoms with Gasteiger partial charge in [-0.15, -0.1) is 6.42 Å². The van der Waals surface area contributed by atoms with E-state index in [-0.39, 0.29) is 12.1 Å². The highest BCUT2D eigenvalue weighted by molar-refractivity contribution is 5.91. The Bertz CT molecular complexity index is 1340. The summed E-state index contributed by atoms with van der Waals surface area (Å²) < 4.78 is 1.88. The highest BCUT2D eigenvalue weighted by Gasteiger charge is 2.32. The van der Waals surface area contributed by atoms with Gasteiger partial charge in [-0.3, -0.25) is 9.24 Å². The maximum absolute atomic E-state index is 13.1. The Kier molecular flexibility index (Phi) is 5.10. The topological polar surface area (TPSA) is 58.9 Å². The summed E-state index contributed by atoms with van der Waals surface area (Å²) in [6.45, 7) is 2.48. The zero-order chi connectivity index (χ0) is 22.1. The average Bonchev–Trinajstić information content (AvgIpc) is 3.48. The van der Waals surface area contributed by atoms with Gasteiger partial charge >= 0.3 is 6.03 Å². The third kappa shape index (κ3) is 3.59. The fourth-order valence-electron chi connectivity index (χ4n) is 4.01. The molecule has 5 rings (SSSR count). The van der Waals surface area contributed by atoms with Crippen LogP contribution in [-0.4, -0.2) is 27.1 Å². The predicted octanol–water partition coefficient (Wildman–Crippen LogP) is 5.20. The molecule has 32 heavy (non-hydrogen) atoms. The minimum atomic E-state index is -0.281. The lowest BCUT2D eigenvalue weighted by atomic mass is 10.0. The van der Waals surface area contributed by atoms with Gasteiger partial charge in [0, 0.05) is 18.3 Å². The molecule has 4 aromatic rings.